The number of benzene rings is 3. The number of carboxylic acids is 1. The summed E-state index contributed by atoms with van der Waals surface area (Å²) < 4.78 is 28.6. The summed E-state index contributed by atoms with van der Waals surface area (Å²) in [5.74, 6) is -0.490. The second-order valence-electron chi connectivity index (χ2n) is 10.2. The van der Waals surface area contributed by atoms with E-state index in [1.165, 1.54) is 22.9 Å². The number of hydrogen-bond donors (Lipinski definition) is 2. The van der Waals surface area contributed by atoms with Crippen LogP contribution in [0.15, 0.2) is 65.6 Å². The average molecular weight is 545 g/mol. The van der Waals surface area contributed by atoms with E-state index in [4.69, 9.17) is 4.98 Å². The summed E-state index contributed by atoms with van der Waals surface area (Å²) in [5, 5.41) is 10.4. The molecule has 1 aromatic heterocycles. The molecule has 1 aliphatic rings. The number of aromatic carboxylic acids is 1. The van der Waals surface area contributed by atoms with Gasteiger partial charge in [0.2, 0.25) is 0 Å². The van der Waals surface area contributed by atoms with E-state index in [2.05, 4.69) is 46.6 Å². The van der Waals surface area contributed by atoms with Crippen molar-refractivity contribution in [1.82, 2.24) is 4.98 Å². The van der Waals surface area contributed by atoms with Crippen molar-refractivity contribution < 1.29 is 18.3 Å². The number of piperazine rings is 1. The molecule has 1 aliphatic heterocycles. The van der Waals surface area contributed by atoms with Gasteiger partial charge in [0.1, 0.15) is 5.82 Å². The molecule has 2 N–H and O–H groups in total. The minimum atomic E-state index is -3.84. The van der Waals surface area contributed by atoms with Crippen LogP contribution in [0.25, 0.3) is 10.9 Å². The molecule has 5 rings (SSSR count). The Balaban J connectivity index is 1.41. The van der Waals surface area contributed by atoms with Crippen molar-refractivity contribution in [2.24, 2.45) is 0 Å². The third-order valence-electron chi connectivity index (χ3n) is 7.38. The number of carboxylic acid groups (broad SMARTS) is 1. The van der Waals surface area contributed by atoms with Gasteiger partial charge in [-0.15, -0.1) is 0 Å². The second kappa shape index (κ2) is 10.2. The minimum absolute atomic E-state index is 0.0826. The highest BCUT2D eigenvalue weighted by Gasteiger charge is 2.23. The number of pyridine rings is 1. The van der Waals surface area contributed by atoms with Gasteiger partial charge in [-0.05, 0) is 92.4 Å². The van der Waals surface area contributed by atoms with E-state index in [1.807, 2.05) is 13.8 Å². The van der Waals surface area contributed by atoms with Crippen molar-refractivity contribution in [3.05, 3.63) is 88.5 Å². The number of nitrogens with one attached hydrogen (secondary N) is 1. The fourth-order valence-corrected chi connectivity index (χ4v) is 6.08. The highest BCUT2D eigenvalue weighted by molar-refractivity contribution is 7.92. The van der Waals surface area contributed by atoms with Crippen LogP contribution in [0.1, 0.15) is 32.6 Å². The van der Waals surface area contributed by atoms with Crippen molar-refractivity contribution >= 4 is 44.1 Å². The monoisotopic (exact) mass is 544 g/mol. The number of sulfonamides is 1. The molecule has 39 heavy (non-hydrogen) atoms. The Bertz CT molecular complexity index is 1690. The van der Waals surface area contributed by atoms with Crippen LogP contribution < -0.4 is 14.5 Å². The van der Waals surface area contributed by atoms with Crippen LogP contribution in [-0.4, -0.2) is 50.7 Å². The lowest BCUT2D eigenvalue weighted by molar-refractivity contribution is 0.0699. The number of rotatable bonds is 6. The van der Waals surface area contributed by atoms with Gasteiger partial charge in [0.15, 0.2) is 0 Å². The Labute approximate surface area is 229 Å². The van der Waals surface area contributed by atoms with Crippen LogP contribution in [0.2, 0.25) is 0 Å². The molecule has 0 atom stereocenters. The number of aryl methyl sites for hydroxylation is 4. The minimum Gasteiger partial charge on any atom is -0.478 e. The molecule has 0 unspecified atom stereocenters. The predicted octanol–water partition coefficient (Wildman–Crippen LogP) is 5.29. The maximum atomic E-state index is 13.0. The molecule has 1 fully saturated rings. The van der Waals surface area contributed by atoms with E-state index in [0.717, 1.165) is 24.2 Å². The first kappa shape index (κ1) is 26.5. The average Bonchev–Trinajstić information content (AvgIpc) is 2.90. The summed E-state index contributed by atoms with van der Waals surface area (Å²) in [6, 6.07) is 17.8. The third-order valence-corrected chi connectivity index (χ3v) is 8.75. The zero-order chi connectivity index (χ0) is 27.9. The maximum absolute atomic E-state index is 13.0. The molecule has 0 aliphatic carbocycles. The van der Waals surface area contributed by atoms with Crippen molar-refractivity contribution in [2.45, 2.75) is 32.6 Å². The van der Waals surface area contributed by atoms with E-state index in [9.17, 15) is 18.3 Å². The van der Waals surface area contributed by atoms with Crippen LogP contribution in [0.5, 0.6) is 0 Å². The van der Waals surface area contributed by atoms with Gasteiger partial charge in [0.25, 0.3) is 10.0 Å². The van der Waals surface area contributed by atoms with Crippen molar-refractivity contribution in [1.29, 1.82) is 0 Å². The summed E-state index contributed by atoms with van der Waals surface area (Å²) in [6.07, 6.45) is 0. The molecule has 8 nitrogen and oxygen atoms in total. The molecule has 0 amide bonds. The Morgan fingerprint density at radius 3 is 2.21 bits per heavy atom. The van der Waals surface area contributed by atoms with Gasteiger partial charge < -0.3 is 14.9 Å². The van der Waals surface area contributed by atoms with Gasteiger partial charge in [-0.25, -0.2) is 18.2 Å². The topological polar surface area (TPSA) is 103 Å². The summed E-state index contributed by atoms with van der Waals surface area (Å²) in [6.45, 7) is 11.0. The summed E-state index contributed by atoms with van der Waals surface area (Å²) in [7, 11) is -3.84. The second-order valence-corrected chi connectivity index (χ2v) is 11.9. The standard InChI is InChI=1S/C30H32N4O4S/c1-19-5-6-21(3)28(15-19)33-11-13-34(14-12-33)29-18-26(30(35)36)25-17-23(8-10-27(25)31-29)32-39(37,38)24-9-7-20(2)22(4)16-24/h5-10,15-18,32H,11-14H2,1-4H3,(H,35,36). The van der Waals surface area contributed by atoms with E-state index in [-0.39, 0.29) is 16.1 Å². The number of nitrogens with zero attached hydrogens (tertiary/aromatic N) is 3. The number of hydrogen-bond acceptors (Lipinski definition) is 6. The molecule has 202 valence electrons. The molecule has 2 heterocycles. The van der Waals surface area contributed by atoms with E-state index in [1.54, 1.807) is 36.4 Å². The number of anilines is 3. The van der Waals surface area contributed by atoms with E-state index in [0.29, 0.717) is 29.8 Å². The fourth-order valence-electron chi connectivity index (χ4n) is 4.95. The zero-order valence-corrected chi connectivity index (χ0v) is 23.3. The third kappa shape index (κ3) is 5.40. The Morgan fingerprint density at radius 1 is 0.821 bits per heavy atom. The first-order chi connectivity index (χ1) is 18.5. The van der Waals surface area contributed by atoms with Crippen molar-refractivity contribution in [3.63, 3.8) is 0 Å². The SMILES string of the molecule is Cc1ccc(C)c(N2CCN(c3cc(C(=O)O)c4cc(NS(=O)(=O)c5ccc(C)c(C)c5)ccc4n3)CC2)c1. The van der Waals surface area contributed by atoms with Gasteiger partial charge in [-0.1, -0.05) is 18.2 Å². The van der Waals surface area contributed by atoms with E-state index < -0.39 is 16.0 Å². The maximum Gasteiger partial charge on any atom is 0.336 e. The summed E-state index contributed by atoms with van der Waals surface area (Å²) in [5.41, 5.74) is 6.40. The molecule has 0 bridgehead atoms. The van der Waals surface area contributed by atoms with Gasteiger partial charge in [-0.3, -0.25) is 4.72 Å². The Kier molecular flexibility index (Phi) is 6.94. The highest BCUT2D eigenvalue weighted by Crippen LogP contribution is 2.29. The summed E-state index contributed by atoms with van der Waals surface area (Å²) in [4.78, 5) is 21.6. The van der Waals surface area contributed by atoms with E-state index >= 15 is 0 Å². The fraction of sp³-hybridized carbons (Fsp3) is 0.267. The normalized spacial score (nSPS) is 14.1. The molecule has 1 saturated heterocycles. The molecule has 4 aromatic rings. The lowest BCUT2D eigenvalue weighted by atomic mass is 10.1. The Hall–Kier alpha value is -4.11. The van der Waals surface area contributed by atoms with Crippen molar-refractivity contribution in [3.8, 4) is 0 Å². The first-order valence-electron chi connectivity index (χ1n) is 12.9. The summed E-state index contributed by atoms with van der Waals surface area (Å²) >= 11 is 0. The smallest absolute Gasteiger partial charge is 0.336 e. The molecule has 3 aromatic carbocycles. The van der Waals surface area contributed by atoms with Gasteiger partial charge >= 0.3 is 5.97 Å². The van der Waals surface area contributed by atoms with Crippen LogP contribution >= 0.6 is 0 Å². The van der Waals surface area contributed by atoms with Crippen molar-refractivity contribution in [2.75, 3.05) is 40.7 Å². The number of carbonyl (C=O) groups is 1. The van der Waals surface area contributed by atoms with Crippen LogP contribution in [0, 0.1) is 27.7 Å². The largest absolute Gasteiger partial charge is 0.478 e. The van der Waals surface area contributed by atoms with Crippen LogP contribution in [-0.2, 0) is 10.0 Å². The number of aromatic nitrogens is 1. The predicted molar refractivity (Wildman–Crippen MR) is 156 cm³/mol. The molecular weight excluding hydrogens is 512 g/mol. The van der Waals surface area contributed by atoms with Crippen LogP contribution in [0.3, 0.4) is 0 Å². The van der Waals surface area contributed by atoms with Gasteiger partial charge in [-0.2, -0.15) is 0 Å². The number of fused-ring (bicyclic) bond motifs is 1. The van der Waals surface area contributed by atoms with Crippen LogP contribution in [0.4, 0.5) is 17.2 Å². The lowest BCUT2D eigenvalue weighted by Crippen LogP contribution is -2.47. The molecule has 9 heteroatoms. The first-order valence-corrected chi connectivity index (χ1v) is 14.4. The Morgan fingerprint density at radius 2 is 1.51 bits per heavy atom. The highest BCUT2D eigenvalue weighted by atomic mass is 32.2. The zero-order valence-electron chi connectivity index (χ0n) is 22.5. The molecular formula is C30H32N4O4S. The van der Waals surface area contributed by atoms with Gasteiger partial charge in [0, 0.05) is 42.9 Å². The molecule has 0 saturated carbocycles. The van der Waals surface area contributed by atoms with Gasteiger partial charge in [0.05, 0.1) is 16.0 Å². The molecule has 0 spiro atoms. The molecule has 0 radical (unpaired) electrons. The quantitative estimate of drug-likeness (QED) is 0.340. The lowest BCUT2D eigenvalue weighted by Gasteiger charge is -2.37.